The van der Waals surface area contributed by atoms with E-state index in [9.17, 15) is 16.7 Å². The second-order valence-electron chi connectivity index (χ2n) is 2.19. The predicted molar refractivity (Wildman–Crippen MR) is 39.4 cm³/mol. The second-order valence-corrected chi connectivity index (χ2v) is 3.51. The molecule has 0 unspecified atom stereocenters. The van der Waals surface area contributed by atoms with Gasteiger partial charge in [0.2, 0.25) is 0 Å². The molecule has 0 atom stereocenters. The molecule has 0 aliphatic carbocycles. The van der Waals surface area contributed by atoms with E-state index in [4.69, 9.17) is 5.26 Å². The van der Waals surface area contributed by atoms with Gasteiger partial charge in [0.1, 0.15) is 16.8 Å². The smallest absolute Gasteiger partial charge is 0.207 e. The van der Waals surface area contributed by atoms with Crippen LogP contribution in [0, 0.1) is 17.1 Å². The Labute approximate surface area is 73.4 Å². The average Bonchev–Trinajstić information content (AvgIpc) is 2.01. The number of hydrogen-bond donors (Lipinski definition) is 0. The van der Waals surface area contributed by atoms with Gasteiger partial charge in [0.25, 0.3) is 0 Å². The van der Waals surface area contributed by atoms with E-state index in [-0.39, 0.29) is 0 Å². The van der Waals surface area contributed by atoms with Gasteiger partial charge in [0.15, 0.2) is 0 Å². The largest absolute Gasteiger partial charge is 0.333 e. The average molecular weight is 203 g/mol. The monoisotopic (exact) mass is 203 g/mol. The van der Waals surface area contributed by atoms with Gasteiger partial charge in [-0.3, -0.25) is 0 Å². The standard InChI is InChI=1S/C7H3F2NO2S/c8-6-1-2-7(13(9,11)12)5(3-6)4-10/h1-3H. The van der Waals surface area contributed by atoms with Crippen molar-refractivity contribution < 1.29 is 16.7 Å². The highest BCUT2D eigenvalue weighted by molar-refractivity contribution is 7.86. The van der Waals surface area contributed by atoms with Gasteiger partial charge in [-0.1, -0.05) is 0 Å². The summed E-state index contributed by atoms with van der Waals surface area (Å²) in [7, 11) is -4.95. The van der Waals surface area contributed by atoms with E-state index in [2.05, 4.69) is 0 Å². The number of benzene rings is 1. The van der Waals surface area contributed by atoms with Crippen molar-refractivity contribution in [2.45, 2.75) is 4.90 Å². The summed E-state index contributed by atoms with van der Waals surface area (Å²) in [6.45, 7) is 0. The molecule has 13 heavy (non-hydrogen) atoms. The van der Waals surface area contributed by atoms with Crippen molar-refractivity contribution in [3.8, 4) is 6.07 Å². The van der Waals surface area contributed by atoms with Crippen molar-refractivity contribution in [3.05, 3.63) is 29.6 Å². The fraction of sp³-hybridized carbons (Fsp3) is 0. The lowest BCUT2D eigenvalue weighted by Crippen LogP contribution is -1.96. The summed E-state index contributed by atoms with van der Waals surface area (Å²) in [6.07, 6.45) is 0. The molecule has 0 aliphatic heterocycles. The summed E-state index contributed by atoms with van der Waals surface area (Å²) in [6, 6.07) is 3.53. The molecule has 0 spiro atoms. The van der Waals surface area contributed by atoms with Crippen LogP contribution in [-0.2, 0) is 10.2 Å². The number of halogens is 2. The Kier molecular flexibility index (Phi) is 2.30. The molecule has 1 rings (SSSR count). The molecule has 0 fully saturated rings. The summed E-state index contributed by atoms with van der Waals surface area (Å²) in [5, 5.41) is 8.36. The third-order valence-corrected chi connectivity index (χ3v) is 2.21. The van der Waals surface area contributed by atoms with Crippen LogP contribution < -0.4 is 0 Å². The molecule has 0 bridgehead atoms. The quantitative estimate of drug-likeness (QED) is 0.647. The van der Waals surface area contributed by atoms with E-state index >= 15 is 0 Å². The van der Waals surface area contributed by atoms with E-state index < -0.39 is 26.5 Å². The van der Waals surface area contributed by atoms with E-state index in [0.717, 1.165) is 6.07 Å². The van der Waals surface area contributed by atoms with Gasteiger partial charge in [-0.2, -0.15) is 13.7 Å². The molecular formula is C7H3F2NO2S. The van der Waals surface area contributed by atoms with E-state index in [1.165, 1.54) is 6.07 Å². The number of hydrogen-bond acceptors (Lipinski definition) is 3. The van der Waals surface area contributed by atoms with Crippen molar-refractivity contribution in [2.75, 3.05) is 0 Å². The first-order chi connectivity index (χ1) is 5.95. The Morgan fingerprint density at radius 1 is 1.38 bits per heavy atom. The number of nitriles is 1. The van der Waals surface area contributed by atoms with Gasteiger partial charge in [0.05, 0.1) is 5.56 Å². The summed E-state index contributed by atoms with van der Waals surface area (Å²) in [5.74, 6) is -0.788. The van der Waals surface area contributed by atoms with Crippen LogP contribution in [0.4, 0.5) is 8.28 Å². The maximum absolute atomic E-state index is 12.5. The van der Waals surface area contributed by atoms with Gasteiger partial charge in [0, 0.05) is 0 Å². The Balaban J connectivity index is 3.50. The maximum Gasteiger partial charge on any atom is 0.333 e. The van der Waals surface area contributed by atoms with Crippen molar-refractivity contribution in [3.63, 3.8) is 0 Å². The Morgan fingerprint density at radius 2 is 2.00 bits per heavy atom. The molecule has 0 saturated heterocycles. The van der Waals surface area contributed by atoms with Crippen LogP contribution in [0.15, 0.2) is 23.1 Å². The zero-order valence-electron chi connectivity index (χ0n) is 6.16. The fourth-order valence-electron chi connectivity index (χ4n) is 0.802. The topological polar surface area (TPSA) is 57.9 Å². The minimum Gasteiger partial charge on any atom is -0.207 e. The van der Waals surface area contributed by atoms with Crippen molar-refractivity contribution in [2.24, 2.45) is 0 Å². The molecule has 0 N–H and O–H groups in total. The molecule has 1 aromatic rings. The predicted octanol–water partition coefficient (Wildman–Crippen LogP) is 1.36. The Bertz CT molecular complexity index is 476. The summed E-state index contributed by atoms with van der Waals surface area (Å²) in [4.78, 5) is -0.809. The Hall–Kier alpha value is -1.48. The first-order valence-corrected chi connectivity index (χ1v) is 4.48. The van der Waals surface area contributed by atoms with Crippen LogP contribution in [0.1, 0.15) is 5.56 Å². The summed E-state index contributed by atoms with van der Waals surface area (Å²) in [5.41, 5.74) is -0.539. The lowest BCUT2D eigenvalue weighted by molar-refractivity contribution is 0.551. The molecule has 68 valence electrons. The van der Waals surface area contributed by atoms with Gasteiger partial charge in [-0.05, 0) is 18.2 Å². The fourth-order valence-corrected chi connectivity index (χ4v) is 1.40. The van der Waals surface area contributed by atoms with Crippen LogP contribution in [0.5, 0.6) is 0 Å². The number of rotatable bonds is 1. The summed E-state index contributed by atoms with van der Waals surface area (Å²) >= 11 is 0. The van der Waals surface area contributed by atoms with Crippen LogP contribution >= 0.6 is 0 Å². The van der Waals surface area contributed by atoms with Crippen LogP contribution in [0.2, 0.25) is 0 Å². The molecule has 0 heterocycles. The number of nitrogens with zero attached hydrogens (tertiary/aromatic N) is 1. The zero-order chi connectivity index (χ0) is 10.1. The molecule has 0 saturated carbocycles. The van der Waals surface area contributed by atoms with Gasteiger partial charge in [-0.25, -0.2) is 4.39 Å². The van der Waals surface area contributed by atoms with Crippen LogP contribution in [-0.4, -0.2) is 8.42 Å². The SMILES string of the molecule is N#Cc1cc(F)ccc1S(=O)(=O)F. The van der Waals surface area contributed by atoms with Gasteiger partial charge in [-0.15, -0.1) is 3.89 Å². The third kappa shape index (κ3) is 2.00. The highest BCUT2D eigenvalue weighted by atomic mass is 32.3. The first-order valence-electron chi connectivity index (χ1n) is 3.09. The van der Waals surface area contributed by atoms with Crippen LogP contribution in [0.25, 0.3) is 0 Å². The van der Waals surface area contributed by atoms with Crippen molar-refractivity contribution in [1.29, 1.82) is 5.26 Å². The van der Waals surface area contributed by atoms with Crippen molar-refractivity contribution in [1.82, 2.24) is 0 Å². The molecule has 0 aliphatic rings. The molecule has 0 radical (unpaired) electrons. The molecule has 3 nitrogen and oxygen atoms in total. The zero-order valence-corrected chi connectivity index (χ0v) is 6.98. The third-order valence-electron chi connectivity index (χ3n) is 1.32. The molecule has 1 aromatic carbocycles. The minimum absolute atomic E-state index is 0.539. The molecule has 0 aromatic heterocycles. The molecule has 0 amide bonds. The summed E-state index contributed by atoms with van der Waals surface area (Å²) < 4.78 is 45.6. The second kappa shape index (κ2) is 3.11. The Morgan fingerprint density at radius 3 is 2.46 bits per heavy atom. The highest BCUT2D eigenvalue weighted by Crippen LogP contribution is 2.17. The van der Waals surface area contributed by atoms with Gasteiger partial charge >= 0.3 is 10.2 Å². The highest BCUT2D eigenvalue weighted by Gasteiger charge is 2.17. The van der Waals surface area contributed by atoms with E-state index in [0.29, 0.717) is 12.1 Å². The normalized spacial score (nSPS) is 10.8. The van der Waals surface area contributed by atoms with E-state index in [1.807, 2.05) is 0 Å². The van der Waals surface area contributed by atoms with E-state index in [1.54, 1.807) is 0 Å². The molecule has 6 heteroatoms. The van der Waals surface area contributed by atoms with Gasteiger partial charge < -0.3 is 0 Å². The lowest BCUT2D eigenvalue weighted by Gasteiger charge is -1.96. The minimum atomic E-state index is -4.95. The van der Waals surface area contributed by atoms with Crippen LogP contribution in [0.3, 0.4) is 0 Å². The molecular weight excluding hydrogens is 200 g/mol. The van der Waals surface area contributed by atoms with Crippen molar-refractivity contribution >= 4 is 10.2 Å². The first kappa shape index (κ1) is 9.61. The maximum atomic E-state index is 12.5. The lowest BCUT2D eigenvalue weighted by atomic mass is 10.2.